The van der Waals surface area contributed by atoms with Gasteiger partial charge in [0.25, 0.3) is 0 Å². The molecular formula is C16H19ClFN5. The number of piperidine rings is 1. The maximum atomic E-state index is 13.5. The Hall–Kier alpha value is -1.53. The SMILES string of the molecule is Fc1cc(CN2CCC[C@@H](c3nnc4n3CCC4)C2)cnc1Cl. The van der Waals surface area contributed by atoms with Gasteiger partial charge in [0.15, 0.2) is 11.0 Å². The second kappa shape index (κ2) is 6.17. The summed E-state index contributed by atoms with van der Waals surface area (Å²) < 4.78 is 15.8. The normalized spacial score (nSPS) is 21.6. The fourth-order valence-electron chi connectivity index (χ4n) is 3.69. The van der Waals surface area contributed by atoms with Gasteiger partial charge in [0.2, 0.25) is 0 Å². The second-order valence-electron chi connectivity index (χ2n) is 6.42. The van der Waals surface area contributed by atoms with Crippen LogP contribution in [-0.4, -0.2) is 37.7 Å². The van der Waals surface area contributed by atoms with E-state index in [0.717, 1.165) is 56.1 Å². The Labute approximate surface area is 139 Å². The highest BCUT2D eigenvalue weighted by atomic mass is 35.5. The minimum atomic E-state index is -0.451. The predicted octanol–water partition coefficient (Wildman–Crippen LogP) is 2.79. The first kappa shape index (κ1) is 15.0. The molecule has 1 atom stereocenters. The molecule has 0 unspecified atom stereocenters. The van der Waals surface area contributed by atoms with E-state index in [1.54, 1.807) is 6.20 Å². The van der Waals surface area contributed by atoms with Crippen LogP contribution in [0.15, 0.2) is 12.3 Å². The zero-order valence-corrected chi connectivity index (χ0v) is 13.6. The summed E-state index contributed by atoms with van der Waals surface area (Å²) in [7, 11) is 0. The summed E-state index contributed by atoms with van der Waals surface area (Å²) in [4.78, 5) is 6.24. The molecule has 2 aliphatic heterocycles. The Kier molecular flexibility index (Phi) is 4.03. The van der Waals surface area contributed by atoms with Gasteiger partial charge in [-0.1, -0.05) is 11.6 Å². The van der Waals surface area contributed by atoms with Crippen LogP contribution in [0.25, 0.3) is 0 Å². The molecule has 4 heterocycles. The van der Waals surface area contributed by atoms with Crippen LogP contribution in [0, 0.1) is 5.82 Å². The fourth-order valence-corrected chi connectivity index (χ4v) is 3.79. The van der Waals surface area contributed by atoms with Crippen molar-refractivity contribution in [2.75, 3.05) is 13.1 Å². The van der Waals surface area contributed by atoms with Crippen LogP contribution in [0.5, 0.6) is 0 Å². The topological polar surface area (TPSA) is 46.8 Å². The number of rotatable bonds is 3. The van der Waals surface area contributed by atoms with E-state index in [1.807, 2.05) is 0 Å². The Bertz CT molecular complexity index is 716. The summed E-state index contributed by atoms with van der Waals surface area (Å²) in [6.45, 7) is 3.68. The van der Waals surface area contributed by atoms with Crippen LogP contribution in [0.2, 0.25) is 5.15 Å². The number of fused-ring (bicyclic) bond motifs is 1. The number of aromatic nitrogens is 4. The lowest BCUT2D eigenvalue weighted by Crippen LogP contribution is -2.35. The van der Waals surface area contributed by atoms with Gasteiger partial charge < -0.3 is 4.57 Å². The van der Waals surface area contributed by atoms with Crippen LogP contribution < -0.4 is 0 Å². The molecule has 7 heteroatoms. The van der Waals surface area contributed by atoms with Crippen molar-refractivity contribution in [3.63, 3.8) is 0 Å². The van der Waals surface area contributed by atoms with Crippen LogP contribution >= 0.6 is 11.6 Å². The number of hydrogen-bond donors (Lipinski definition) is 0. The molecule has 2 aromatic rings. The summed E-state index contributed by atoms with van der Waals surface area (Å²) in [6.07, 6.45) is 6.13. The third-order valence-electron chi connectivity index (χ3n) is 4.77. The number of nitrogens with zero attached hydrogens (tertiary/aromatic N) is 5. The molecule has 0 saturated carbocycles. The van der Waals surface area contributed by atoms with E-state index in [9.17, 15) is 4.39 Å². The molecule has 23 heavy (non-hydrogen) atoms. The molecule has 0 spiro atoms. The van der Waals surface area contributed by atoms with Crippen LogP contribution in [0.4, 0.5) is 4.39 Å². The van der Waals surface area contributed by atoms with E-state index >= 15 is 0 Å². The van der Waals surface area contributed by atoms with Gasteiger partial charge in [0.05, 0.1) is 0 Å². The third-order valence-corrected chi connectivity index (χ3v) is 5.05. The Morgan fingerprint density at radius 3 is 3.04 bits per heavy atom. The molecule has 1 saturated heterocycles. The Morgan fingerprint density at radius 2 is 2.17 bits per heavy atom. The average molecular weight is 336 g/mol. The van der Waals surface area contributed by atoms with Gasteiger partial charge in [0, 0.05) is 38.2 Å². The average Bonchev–Trinajstić information content (AvgIpc) is 3.14. The summed E-state index contributed by atoms with van der Waals surface area (Å²) in [5, 5.41) is 8.68. The fraction of sp³-hybridized carbons (Fsp3) is 0.562. The van der Waals surface area contributed by atoms with E-state index in [1.165, 1.54) is 12.5 Å². The Morgan fingerprint density at radius 1 is 1.26 bits per heavy atom. The number of hydrogen-bond acceptors (Lipinski definition) is 4. The highest BCUT2D eigenvalue weighted by Crippen LogP contribution is 2.29. The zero-order chi connectivity index (χ0) is 15.8. The predicted molar refractivity (Wildman–Crippen MR) is 84.8 cm³/mol. The lowest BCUT2D eigenvalue weighted by atomic mass is 9.96. The van der Waals surface area contributed by atoms with Crippen molar-refractivity contribution in [2.45, 2.75) is 44.7 Å². The largest absolute Gasteiger partial charge is 0.315 e. The highest BCUT2D eigenvalue weighted by Gasteiger charge is 2.28. The van der Waals surface area contributed by atoms with Crippen molar-refractivity contribution in [3.8, 4) is 0 Å². The molecule has 0 aliphatic carbocycles. The molecule has 0 amide bonds. The van der Waals surface area contributed by atoms with Crippen molar-refractivity contribution >= 4 is 11.6 Å². The van der Waals surface area contributed by atoms with Crippen LogP contribution in [0.1, 0.15) is 42.4 Å². The molecule has 122 valence electrons. The van der Waals surface area contributed by atoms with Gasteiger partial charge >= 0.3 is 0 Å². The molecule has 0 aromatic carbocycles. The molecule has 0 N–H and O–H groups in total. The van der Waals surface area contributed by atoms with E-state index < -0.39 is 5.82 Å². The summed E-state index contributed by atoms with van der Waals surface area (Å²) >= 11 is 5.65. The summed E-state index contributed by atoms with van der Waals surface area (Å²) in [5.74, 6) is 2.21. The second-order valence-corrected chi connectivity index (χ2v) is 6.78. The van der Waals surface area contributed by atoms with E-state index in [0.29, 0.717) is 12.5 Å². The minimum absolute atomic E-state index is 0.0655. The lowest BCUT2D eigenvalue weighted by Gasteiger charge is -2.32. The zero-order valence-electron chi connectivity index (χ0n) is 12.9. The molecule has 2 aliphatic rings. The standard InChI is InChI=1S/C16H19ClFN5/c17-15-13(18)7-11(8-19-15)9-22-5-1-3-12(10-22)16-21-20-14-4-2-6-23(14)16/h7-8,12H,1-6,9-10H2/t12-/m1/s1. The first-order chi connectivity index (χ1) is 11.2. The van der Waals surface area contributed by atoms with Gasteiger partial charge in [-0.05, 0) is 37.4 Å². The summed E-state index contributed by atoms with van der Waals surface area (Å²) in [5.41, 5.74) is 0.860. The quantitative estimate of drug-likeness (QED) is 0.809. The Balaban J connectivity index is 1.47. The van der Waals surface area contributed by atoms with Gasteiger partial charge in [-0.3, -0.25) is 4.90 Å². The number of likely N-dealkylation sites (tertiary alicyclic amines) is 1. The van der Waals surface area contributed by atoms with E-state index in [-0.39, 0.29) is 5.15 Å². The molecule has 1 fully saturated rings. The van der Waals surface area contributed by atoms with Crippen molar-refractivity contribution in [1.29, 1.82) is 0 Å². The van der Waals surface area contributed by atoms with Gasteiger partial charge in [-0.15, -0.1) is 10.2 Å². The van der Waals surface area contributed by atoms with Crippen molar-refractivity contribution < 1.29 is 4.39 Å². The van der Waals surface area contributed by atoms with Crippen LogP contribution in [-0.2, 0) is 19.5 Å². The number of pyridine rings is 1. The summed E-state index contributed by atoms with van der Waals surface area (Å²) in [6, 6.07) is 1.48. The molecular weight excluding hydrogens is 317 g/mol. The lowest BCUT2D eigenvalue weighted by molar-refractivity contribution is 0.194. The molecule has 2 aromatic heterocycles. The number of aryl methyl sites for hydroxylation is 1. The van der Waals surface area contributed by atoms with E-state index in [4.69, 9.17) is 11.6 Å². The van der Waals surface area contributed by atoms with Crippen LogP contribution in [0.3, 0.4) is 0 Å². The van der Waals surface area contributed by atoms with Gasteiger partial charge in [-0.25, -0.2) is 9.37 Å². The maximum Gasteiger partial charge on any atom is 0.164 e. The van der Waals surface area contributed by atoms with Gasteiger partial charge in [0.1, 0.15) is 11.6 Å². The minimum Gasteiger partial charge on any atom is -0.315 e. The van der Waals surface area contributed by atoms with Gasteiger partial charge in [-0.2, -0.15) is 0 Å². The first-order valence-corrected chi connectivity index (χ1v) is 8.53. The highest BCUT2D eigenvalue weighted by molar-refractivity contribution is 6.29. The van der Waals surface area contributed by atoms with Crippen molar-refractivity contribution in [2.24, 2.45) is 0 Å². The maximum absolute atomic E-state index is 13.5. The molecule has 0 bridgehead atoms. The molecule has 5 nitrogen and oxygen atoms in total. The molecule has 4 rings (SSSR count). The number of halogens is 2. The smallest absolute Gasteiger partial charge is 0.164 e. The first-order valence-electron chi connectivity index (χ1n) is 8.15. The van der Waals surface area contributed by atoms with E-state index in [2.05, 4.69) is 24.6 Å². The third kappa shape index (κ3) is 2.97. The molecule has 0 radical (unpaired) electrons. The van der Waals surface area contributed by atoms with Crippen molar-refractivity contribution in [3.05, 3.63) is 40.4 Å². The monoisotopic (exact) mass is 335 g/mol. The van der Waals surface area contributed by atoms with Crippen molar-refractivity contribution in [1.82, 2.24) is 24.6 Å².